The molecule has 0 aromatic carbocycles. The monoisotopic (exact) mass is 237 g/mol. The van der Waals surface area contributed by atoms with Gasteiger partial charge in [0.05, 0.1) is 6.07 Å². The van der Waals surface area contributed by atoms with Gasteiger partial charge in [0.15, 0.2) is 0 Å². The molecule has 0 spiro atoms. The first-order valence-corrected chi connectivity index (χ1v) is 6.85. The van der Waals surface area contributed by atoms with E-state index >= 15 is 0 Å². The number of nitrogens with one attached hydrogen (secondary N) is 1. The van der Waals surface area contributed by atoms with Crippen LogP contribution in [0.1, 0.15) is 46.5 Å². The molecule has 1 unspecified atom stereocenters. The SMILES string of the molecule is CC(C)(C)NCC1CCCN(CCCC#N)C1. The molecule has 0 aromatic rings. The number of nitriles is 1. The Morgan fingerprint density at radius 3 is 2.82 bits per heavy atom. The largest absolute Gasteiger partial charge is 0.312 e. The van der Waals surface area contributed by atoms with Crippen molar-refractivity contribution >= 4 is 0 Å². The van der Waals surface area contributed by atoms with Gasteiger partial charge in [0.25, 0.3) is 0 Å². The van der Waals surface area contributed by atoms with Gasteiger partial charge < -0.3 is 10.2 Å². The van der Waals surface area contributed by atoms with E-state index in [0.717, 1.165) is 25.4 Å². The van der Waals surface area contributed by atoms with Crippen molar-refractivity contribution in [3.8, 4) is 6.07 Å². The number of piperidine rings is 1. The summed E-state index contributed by atoms with van der Waals surface area (Å²) in [7, 11) is 0. The molecule has 0 saturated carbocycles. The van der Waals surface area contributed by atoms with E-state index in [-0.39, 0.29) is 5.54 Å². The lowest BCUT2D eigenvalue weighted by Crippen LogP contribution is -2.44. The van der Waals surface area contributed by atoms with E-state index in [9.17, 15) is 0 Å². The summed E-state index contributed by atoms with van der Waals surface area (Å²) in [5, 5.41) is 12.1. The minimum Gasteiger partial charge on any atom is -0.312 e. The maximum Gasteiger partial charge on any atom is 0.0622 e. The second-order valence-electron chi connectivity index (χ2n) is 6.20. The minimum atomic E-state index is 0.225. The van der Waals surface area contributed by atoms with Crippen LogP contribution >= 0.6 is 0 Å². The molecule has 17 heavy (non-hydrogen) atoms. The Kier molecular flexibility index (Phi) is 5.94. The minimum absolute atomic E-state index is 0.225. The fourth-order valence-corrected chi connectivity index (χ4v) is 2.35. The zero-order valence-corrected chi connectivity index (χ0v) is 11.6. The highest BCUT2D eigenvalue weighted by molar-refractivity contribution is 4.79. The van der Waals surface area contributed by atoms with Gasteiger partial charge in [0.2, 0.25) is 0 Å². The van der Waals surface area contributed by atoms with Crippen molar-refractivity contribution in [2.24, 2.45) is 5.92 Å². The molecule has 1 rings (SSSR count). The Morgan fingerprint density at radius 2 is 2.18 bits per heavy atom. The van der Waals surface area contributed by atoms with Gasteiger partial charge >= 0.3 is 0 Å². The molecule has 0 aliphatic carbocycles. The van der Waals surface area contributed by atoms with Crippen LogP contribution in [0.5, 0.6) is 0 Å². The maximum atomic E-state index is 8.54. The second-order valence-corrected chi connectivity index (χ2v) is 6.20. The molecule has 1 fully saturated rings. The smallest absolute Gasteiger partial charge is 0.0622 e. The molecule has 0 bridgehead atoms. The highest BCUT2D eigenvalue weighted by atomic mass is 15.1. The van der Waals surface area contributed by atoms with Crippen LogP contribution in [0.4, 0.5) is 0 Å². The van der Waals surface area contributed by atoms with Gasteiger partial charge in [-0.1, -0.05) is 0 Å². The summed E-state index contributed by atoms with van der Waals surface area (Å²) in [4.78, 5) is 2.52. The van der Waals surface area contributed by atoms with Crippen molar-refractivity contribution in [2.75, 3.05) is 26.2 Å². The summed E-state index contributed by atoms with van der Waals surface area (Å²) < 4.78 is 0. The molecule has 3 nitrogen and oxygen atoms in total. The predicted molar refractivity (Wildman–Crippen MR) is 71.8 cm³/mol. The van der Waals surface area contributed by atoms with E-state index in [2.05, 4.69) is 37.1 Å². The average Bonchev–Trinajstić information content (AvgIpc) is 2.27. The summed E-state index contributed by atoms with van der Waals surface area (Å²) in [6.07, 6.45) is 4.37. The first-order chi connectivity index (χ1) is 8.01. The zero-order valence-electron chi connectivity index (χ0n) is 11.6. The molecule has 98 valence electrons. The highest BCUT2D eigenvalue weighted by Gasteiger charge is 2.20. The third-order valence-electron chi connectivity index (χ3n) is 3.29. The standard InChI is InChI=1S/C14H27N3/c1-14(2,3)16-11-13-7-6-10-17(12-13)9-5-4-8-15/h13,16H,4-7,9-12H2,1-3H3. The lowest BCUT2D eigenvalue weighted by Gasteiger charge is -2.34. The van der Waals surface area contributed by atoms with Crippen LogP contribution in [0.15, 0.2) is 0 Å². The zero-order chi connectivity index (χ0) is 12.7. The number of nitrogens with zero attached hydrogens (tertiary/aromatic N) is 2. The van der Waals surface area contributed by atoms with Crippen LogP contribution in [-0.2, 0) is 0 Å². The Hall–Kier alpha value is -0.590. The normalized spacial score (nSPS) is 22.4. The van der Waals surface area contributed by atoms with Gasteiger partial charge in [0.1, 0.15) is 0 Å². The fourth-order valence-electron chi connectivity index (χ4n) is 2.35. The third kappa shape index (κ3) is 6.65. The van der Waals surface area contributed by atoms with Crippen LogP contribution in [-0.4, -0.2) is 36.6 Å². The Labute approximate surface area is 106 Å². The molecule has 3 heteroatoms. The molecular formula is C14H27N3. The van der Waals surface area contributed by atoms with Crippen LogP contribution in [0.2, 0.25) is 0 Å². The van der Waals surface area contributed by atoms with E-state index in [1.54, 1.807) is 0 Å². The van der Waals surface area contributed by atoms with E-state index in [0.29, 0.717) is 6.42 Å². The van der Waals surface area contributed by atoms with Gasteiger partial charge in [0, 0.05) is 18.5 Å². The van der Waals surface area contributed by atoms with Crippen LogP contribution in [0, 0.1) is 17.2 Å². The van der Waals surface area contributed by atoms with Crippen molar-refractivity contribution in [3.05, 3.63) is 0 Å². The van der Waals surface area contributed by atoms with Crippen LogP contribution in [0.25, 0.3) is 0 Å². The summed E-state index contributed by atoms with van der Waals surface area (Å²) in [6, 6.07) is 2.22. The highest BCUT2D eigenvalue weighted by Crippen LogP contribution is 2.17. The summed E-state index contributed by atoms with van der Waals surface area (Å²) in [5.41, 5.74) is 0.225. The number of likely N-dealkylation sites (tertiary alicyclic amines) is 1. The van der Waals surface area contributed by atoms with Crippen LogP contribution in [0.3, 0.4) is 0 Å². The molecule has 1 atom stereocenters. The van der Waals surface area contributed by atoms with Crippen molar-refractivity contribution < 1.29 is 0 Å². The Morgan fingerprint density at radius 1 is 1.41 bits per heavy atom. The maximum absolute atomic E-state index is 8.54. The lowest BCUT2D eigenvalue weighted by molar-refractivity contribution is 0.165. The quantitative estimate of drug-likeness (QED) is 0.746. The summed E-state index contributed by atoms with van der Waals surface area (Å²) in [6.45, 7) is 11.3. The molecule has 0 radical (unpaired) electrons. The molecule has 1 saturated heterocycles. The fraction of sp³-hybridized carbons (Fsp3) is 0.929. The number of unbranched alkanes of at least 4 members (excludes halogenated alkanes) is 1. The molecular weight excluding hydrogens is 210 g/mol. The number of hydrogen-bond donors (Lipinski definition) is 1. The Bertz CT molecular complexity index is 249. The van der Waals surface area contributed by atoms with E-state index in [1.165, 1.54) is 25.9 Å². The van der Waals surface area contributed by atoms with Gasteiger partial charge in [-0.25, -0.2) is 0 Å². The molecule has 0 aromatic heterocycles. The summed E-state index contributed by atoms with van der Waals surface area (Å²) >= 11 is 0. The van der Waals surface area contributed by atoms with E-state index in [1.807, 2.05) is 0 Å². The lowest BCUT2D eigenvalue weighted by atomic mass is 9.96. The van der Waals surface area contributed by atoms with Crippen molar-refractivity contribution in [1.29, 1.82) is 5.26 Å². The van der Waals surface area contributed by atoms with Crippen molar-refractivity contribution in [1.82, 2.24) is 10.2 Å². The third-order valence-corrected chi connectivity index (χ3v) is 3.29. The molecule has 1 aliphatic rings. The first-order valence-electron chi connectivity index (χ1n) is 6.85. The van der Waals surface area contributed by atoms with Crippen LogP contribution < -0.4 is 5.32 Å². The first kappa shape index (κ1) is 14.5. The number of rotatable bonds is 5. The predicted octanol–water partition coefficient (Wildman–Crippen LogP) is 2.39. The Balaban J connectivity index is 2.22. The van der Waals surface area contributed by atoms with Crippen molar-refractivity contribution in [2.45, 2.75) is 52.0 Å². The van der Waals surface area contributed by atoms with E-state index in [4.69, 9.17) is 5.26 Å². The molecule has 1 aliphatic heterocycles. The van der Waals surface area contributed by atoms with Gasteiger partial charge in [-0.15, -0.1) is 0 Å². The van der Waals surface area contributed by atoms with E-state index < -0.39 is 0 Å². The van der Waals surface area contributed by atoms with Gasteiger partial charge in [-0.2, -0.15) is 5.26 Å². The topological polar surface area (TPSA) is 39.1 Å². The van der Waals surface area contributed by atoms with Gasteiger partial charge in [-0.05, 0) is 65.6 Å². The second kappa shape index (κ2) is 6.98. The molecule has 1 heterocycles. The molecule has 0 amide bonds. The molecule has 1 N–H and O–H groups in total. The average molecular weight is 237 g/mol. The summed E-state index contributed by atoms with van der Waals surface area (Å²) in [5.74, 6) is 0.782. The van der Waals surface area contributed by atoms with Gasteiger partial charge in [-0.3, -0.25) is 0 Å². The van der Waals surface area contributed by atoms with Crippen molar-refractivity contribution in [3.63, 3.8) is 0 Å². The number of hydrogen-bond acceptors (Lipinski definition) is 3.